The van der Waals surface area contributed by atoms with Gasteiger partial charge in [-0.1, -0.05) is 74.1 Å². The molecule has 0 spiro atoms. The Morgan fingerprint density at radius 1 is 1.04 bits per heavy atom. The third kappa shape index (κ3) is 3.43. The van der Waals surface area contributed by atoms with Crippen LogP contribution in [0.15, 0.2) is 76.8 Å². The smallest absolute Gasteiger partial charge is 0.283 e. The molecule has 0 fully saturated rings. The van der Waals surface area contributed by atoms with Gasteiger partial charge in [0.25, 0.3) is 5.56 Å². The van der Waals surface area contributed by atoms with Crippen LogP contribution >= 0.6 is 11.8 Å². The SMILES string of the molecule is CC(C)CSc1nc2c(-c3ccccc3)c[nH]c2c(=O)n1-c1ccccc1. The Balaban J connectivity index is 1.96. The van der Waals surface area contributed by atoms with Gasteiger partial charge in [-0.25, -0.2) is 4.98 Å². The quantitative estimate of drug-likeness (QED) is 0.389. The Morgan fingerprint density at radius 2 is 1.70 bits per heavy atom. The molecule has 2 aromatic carbocycles. The molecular formula is C22H21N3OS. The lowest BCUT2D eigenvalue weighted by Crippen LogP contribution is -2.22. The van der Waals surface area contributed by atoms with Crippen molar-refractivity contribution in [3.8, 4) is 16.8 Å². The maximum atomic E-state index is 13.3. The summed E-state index contributed by atoms with van der Waals surface area (Å²) in [5.74, 6) is 1.40. The van der Waals surface area contributed by atoms with Crippen LogP contribution in [0, 0.1) is 5.92 Å². The van der Waals surface area contributed by atoms with Gasteiger partial charge in [-0.3, -0.25) is 9.36 Å². The average molecular weight is 375 g/mol. The van der Waals surface area contributed by atoms with Crippen molar-refractivity contribution in [1.29, 1.82) is 0 Å². The maximum absolute atomic E-state index is 13.3. The molecule has 1 N–H and O–H groups in total. The van der Waals surface area contributed by atoms with Crippen molar-refractivity contribution < 1.29 is 0 Å². The number of aromatic nitrogens is 3. The number of para-hydroxylation sites is 1. The van der Waals surface area contributed by atoms with Crippen LogP contribution in [0.1, 0.15) is 13.8 Å². The van der Waals surface area contributed by atoms with Crippen LogP contribution in [-0.4, -0.2) is 20.3 Å². The largest absolute Gasteiger partial charge is 0.355 e. The summed E-state index contributed by atoms with van der Waals surface area (Å²) in [5, 5.41) is 0.726. The van der Waals surface area contributed by atoms with E-state index in [0.717, 1.165) is 33.2 Å². The number of nitrogens with one attached hydrogen (secondary N) is 1. The number of nitrogens with zero attached hydrogens (tertiary/aromatic N) is 2. The summed E-state index contributed by atoms with van der Waals surface area (Å²) in [6, 6.07) is 19.7. The van der Waals surface area contributed by atoms with Gasteiger partial charge in [0.15, 0.2) is 5.16 Å². The normalized spacial score (nSPS) is 11.4. The number of thioether (sulfide) groups is 1. The lowest BCUT2D eigenvalue weighted by Gasteiger charge is -2.13. The monoisotopic (exact) mass is 375 g/mol. The lowest BCUT2D eigenvalue weighted by molar-refractivity contribution is 0.742. The van der Waals surface area contributed by atoms with E-state index >= 15 is 0 Å². The second-order valence-corrected chi connectivity index (χ2v) is 7.85. The first-order valence-corrected chi connectivity index (χ1v) is 10.0. The van der Waals surface area contributed by atoms with Crippen LogP contribution in [0.4, 0.5) is 0 Å². The molecule has 0 aliphatic heterocycles. The number of hydrogen-bond acceptors (Lipinski definition) is 3. The standard InChI is InChI=1S/C22H21N3OS/c1-15(2)14-27-22-24-19-18(16-9-5-3-6-10-16)13-23-20(19)21(26)25(22)17-11-7-4-8-12-17/h3-13,15,23H,14H2,1-2H3. The van der Waals surface area contributed by atoms with E-state index in [1.165, 1.54) is 0 Å². The highest BCUT2D eigenvalue weighted by molar-refractivity contribution is 7.99. The minimum absolute atomic E-state index is 0.0698. The first-order chi connectivity index (χ1) is 13.1. The predicted molar refractivity (Wildman–Crippen MR) is 113 cm³/mol. The minimum Gasteiger partial charge on any atom is -0.355 e. The molecule has 2 heterocycles. The molecule has 136 valence electrons. The number of benzene rings is 2. The topological polar surface area (TPSA) is 50.7 Å². The summed E-state index contributed by atoms with van der Waals surface area (Å²) >= 11 is 1.62. The number of fused-ring (bicyclic) bond motifs is 1. The van der Waals surface area contributed by atoms with Crippen LogP contribution in [0.2, 0.25) is 0 Å². The molecule has 2 aromatic heterocycles. The summed E-state index contributed by atoms with van der Waals surface area (Å²) in [6.45, 7) is 4.34. The van der Waals surface area contributed by atoms with Gasteiger partial charge in [0.2, 0.25) is 0 Å². The van der Waals surface area contributed by atoms with E-state index in [4.69, 9.17) is 4.98 Å². The molecule has 4 rings (SSSR count). The molecule has 0 amide bonds. The van der Waals surface area contributed by atoms with Gasteiger partial charge in [0, 0.05) is 17.5 Å². The predicted octanol–water partition coefficient (Wildman–Crippen LogP) is 5.13. The van der Waals surface area contributed by atoms with E-state index < -0.39 is 0 Å². The summed E-state index contributed by atoms with van der Waals surface area (Å²) < 4.78 is 1.71. The zero-order valence-electron chi connectivity index (χ0n) is 15.3. The van der Waals surface area contributed by atoms with Crippen LogP contribution in [0.5, 0.6) is 0 Å². The zero-order valence-corrected chi connectivity index (χ0v) is 16.2. The van der Waals surface area contributed by atoms with Crippen molar-refractivity contribution >= 4 is 22.8 Å². The van der Waals surface area contributed by atoms with Crippen molar-refractivity contribution in [3.05, 3.63) is 77.2 Å². The molecule has 5 heteroatoms. The molecule has 0 saturated carbocycles. The Bertz CT molecular complexity index is 1110. The Morgan fingerprint density at radius 3 is 2.37 bits per heavy atom. The van der Waals surface area contributed by atoms with E-state index in [0.29, 0.717) is 11.4 Å². The first-order valence-electron chi connectivity index (χ1n) is 9.03. The van der Waals surface area contributed by atoms with Gasteiger partial charge in [-0.05, 0) is 23.6 Å². The highest BCUT2D eigenvalue weighted by Gasteiger charge is 2.18. The van der Waals surface area contributed by atoms with E-state index in [2.05, 4.69) is 18.8 Å². The third-order valence-electron chi connectivity index (χ3n) is 4.31. The number of H-pyrrole nitrogens is 1. The van der Waals surface area contributed by atoms with Crippen molar-refractivity contribution in [2.75, 3.05) is 5.75 Å². The van der Waals surface area contributed by atoms with Gasteiger partial charge in [-0.15, -0.1) is 0 Å². The van der Waals surface area contributed by atoms with Crippen molar-refractivity contribution in [2.24, 2.45) is 5.92 Å². The Hall–Kier alpha value is -2.79. The molecule has 0 aliphatic carbocycles. The van der Waals surface area contributed by atoms with E-state index in [9.17, 15) is 4.79 Å². The minimum atomic E-state index is -0.0698. The molecule has 4 nitrogen and oxygen atoms in total. The molecule has 0 saturated heterocycles. The first kappa shape index (κ1) is 17.6. The third-order valence-corrected chi connectivity index (χ3v) is 5.68. The molecular weight excluding hydrogens is 354 g/mol. The van der Waals surface area contributed by atoms with E-state index in [1.54, 1.807) is 16.3 Å². The summed E-state index contributed by atoms with van der Waals surface area (Å²) in [7, 11) is 0. The average Bonchev–Trinajstić information content (AvgIpc) is 3.12. The maximum Gasteiger partial charge on any atom is 0.283 e. The van der Waals surface area contributed by atoms with Crippen LogP contribution in [-0.2, 0) is 0 Å². The van der Waals surface area contributed by atoms with Gasteiger partial charge in [0.1, 0.15) is 11.0 Å². The fourth-order valence-electron chi connectivity index (χ4n) is 3.02. The highest BCUT2D eigenvalue weighted by atomic mass is 32.2. The number of hydrogen-bond donors (Lipinski definition) is 1. The van der Waals surface area contributed by atoms with E-state index in [-0.39, 0.29) is 5.56 Å². The zero-order chi connectivity index (χ0) is 18.8. The lowest BCUT2D eigenvalue weighted by atomic mass is 10.1. The fourth-order valence-corrected chi connectivity index (χ4v) is 3.98. The van der Waals surface area contributed by atoms with Crippen molar-refractivity contribution in [2.45, 2.75) is 19.0 Å². The summed E-state index contributed by atoms with van der Waals surface area (Å²) in [5.41, 5.74) is 4.03. The van der Waals surface area contributed by atoms with Crippen molar-refractivity contribution in [3.63, 3.8) is 0 Å². The molecule has 27 heavy (non-hydrogen) atoms. The van der Waals surface area contributed by atoms with Gasteiger partial charge in [0.05, 0.1) is 5.69 Å². The van der Waals surface area contributed by atoms with Gasteiger partial charge >= 0.3 is 0 Å². The fraction of sp³-hybridized carbons (Fsp3) is 0.182. The highest BCUT2D eigenvalue weighted by Crippen LogP contribution is 2.29. The molecule has 0 atom stereocenters. The van der Waals surface area contributed by atoms with Crippen LogP contribution in [0.25, 0.3) is 27.8 Å². The van der Waals surface area contributed by atoms with Crippen LogP contribution in [0.3, 0.4) is 0 Å². The molecule has 0 unspecified atom stereocenters. The summed E-state index contributed by atoms with van der Waals surface area (Å²) in [6.07, 6.45) is 1.88. The Labute approximate surface area is 162 Å². The number of rotatable bonds is 5. The second kappa shape index (κ2) is 7.45. The van der Waals surface area contributed by atoms with Gasteiger partial charge < -0.3 is 4.98 Å². The van der Waals surface area contributed by atoms with Crippen LogP contribution < -0.4 is 5.56 Å². The van der Waals surface area contributed by atoms with Gasteiger partial charge in [-0.2, -0.15) is 0 Å². The second-order valence-electron chi connectivity index (χ2n) is 6.87. The summed E-state index contributed by atoms with van der Waals surface area (Å²) in [4.78, 5) is 21.4. The molecule has 0 radical (unpaired) electrons. The Kier molecular flexibility index (Phi) is 4.86. The van der Waals surface area contributed by atoms with Crippen molar-refractivity contribution in [1.82, 2.24) is 14.5 Å². The molecule has 0 aliphatic rings. The number of aromatic amines is 1. The molecule has 0 bridgehead atoms. The molecule has 4 aromatic rings. The van der Waals surface area contributed by atoms with E-state index in [1.807, 2.05) is 66.9 Å².